The molecular weight excluding hydrogens is 698 g/mol. The average Bonchev–Trinajstić information content (AvgIpc) is 3.71. The van der Waals surface area contributed by atoms with E-state index in [4.69, 9.17) is 25.7 Å². The maximum atomic E-state index is 14.9. The van der Waals surface area contributed by atoms with E-state index < -0.39 is 23.0 Å². The number of fused-ring (bicyclic) bond motifs is 6. The fraction of sp³-hybridized carbons (Fsp3) is 0.105. The summed E-state index contributed by atoms with van der Waals surface area (Å²) in [6, 6.07) is 26.1. The van der Waals surface area contributed by atoms with Crippen LogP contribution in [-0.2, 0) is 24.4 Å². The molecule has 1 atom stereocenters. The summed E-state index contributed by atoms with van der Waals surface area (Å²) in [4.78, 5) is 18.4. The first-order valence-corrected chi connectivity index (χ1v) is 17.3. The van der Waals surface area contributed by atoms with Crippen LogP contribution in [0.25, 0.3) is 55.8 Å². The Labute approximate surface area is 297 Å². The summed E-state index contributed by atoms with van der Waals surface area (Å²) in [5.41, 5.74) is 4.65. The van der Waals surface area contributed by atoms with Gasteiger partial charge < -0.3 is 19.0 Å². The van der Waals surface area contributed by atoms with E-state index in [0.717, 1.165) is 5.56 Å². The zero-order valence-corrected chi connectivity index (χ0v) is 28.4. The molecule has 0 saturated heterocycles. The van der Waals surface area contributed by atoms with Crippen LogP contribution in [0.15, 0.2) is 101 Å². The summed E-state index contributed by atoms with van der Waals surface area (Å²) in [5.74, 6) is -0.596. The molecule has 7 aromatic rings. The molecule has 9 nitrogen and oxygen atoms in total. The molecule has 0 spiro atoms. The Morgan fingerprint density at radius 3 is 2.55 bits per heavy atom. The number of ether oxygens (including phenoxy) is 1. The van der Waals surface area contributed by atoms with E-state index in [1.807, 2.05) is 16.7 Å². The molecule has 51 heavy (non-hydrogen) atoms. The molecule has 2 N–H and O–H groups in total. The van der Waals surface area contributed by atoms with Crippen molar-refractivity contribution in [2.24, 2.45) is 0 Å². The standard InChI is InChI=1S/C38H27ClF2N4O5S/c1-42-38(46)35-27-17-26(29-13-14-33-36(43-29)32-18-25-28(41)3-2-4-30(25)44(32)20-49-33)31(19-34(27)50-37(35)22-7-11-24(40)12-8-22)45(51(47)48)16-15-21-5-9-23(39)10-6-21/h2-14,17-19H,15-16,20H2,1H3,(H,42,46)(H,47,48). The van der Waals surface area contributed by atoms with Crippen LogP contribution in [0.4, 0.5) is 14.5 Å². The summed E-state index contributed by atoms with van der Waals surface area (Å²) in [7, 11) is 1.49. The van der Waals surface area contributed by atoms with Crippen molar-refractivity contribution in [2.75, 3.05) is 17.9 Å². The number of furan rings is 1. The van der Waals surface area contributed by atoms with Gasteiger partial charge in [-0.15, -0.1) is 0 Å². The summed E-state index contributed by atoms with van der Waals surface area (Å²) in [5, 5.41) is 4.05. The Morgan fingerprint density at radius 2 is 1.80 bits per heavy atom. The number of hydrogen-bond donors (Lipinski definition) is 2. The van der Waals surface area contributed by atoms with Crippen LogP contribution in [-0.4, -0.2) is 37.8 Å². The number of halogens is 3. The van der Waals surface area contributed by atoms with Crippen LogP contribution in [0, 0.1) is 11.6 Å². The molecule has 1 aliphatic rings. The summed E-state index contributed by atoms with van der Waals surface area (Å²) in [6.45, 7) is 0.269. The number of nitrogens with one attached hydrogen (secondary N) is 1. The van der Waals surface area contributed by atoms with Gasteiger partial charge in [0.15, 0.2) is 6.73 Å². The molecule has 0 fully saturated rings. The minimum absolute atomic E-state index is 0.110. The van der Waals surface area contributed by atoms with Crippen LogP contribution < -0.4 is 14.4 Å². The molecule has 4 heterocycles. The average molecular weight is 725 g/mol. The van der Waals surface area contributed by atoms with E-state index >= 15 is 0 Å². The summed E-state index contributed by atoms with van der Waals surface area (Å²) in [6.07, 6.45) is 0.389. The van der Waals surface area contributed by atoms with Crippen molar-refractivity contribution < 1.29 is 31.5 Å². The third-order valence-corrected chi connectivity index (χ3v) is 9.97. The monoisotopic (exact) mass is 724 g/mol. The molecule has 3 aromatic heterocycles. The van der Waals surface area contributed by atoms with Crippen LogP contribution in [0.2, 0.25) is 5.02 Å². The highest BCUT2D eigenvalue weighted by Crippen LogP contribution is 2.44. The number of hydrogen-bond acceptors (Lipinski definition) is 5. The van der Waals surface area contributed by atoms with Crippen LogP contribution in [0.5, 0.6) is 5.75 Å². The molecule has 8 rings (SSSR count). The highest BCUT2D eigenvalue weighted by molar-refractivity contribution is 7.80. The van der Waals surface area contributed by atoms with Crippen LogP contribution in [0.3, 0.4) is 0 Å². The van der Waals surface area contributed by atoms with E-state index in [1.165, 1.54) is 41.7 Å². The highest BCUT2D eigenvalue weighted by atomic mass is 35.5. The minimum Gasteiger partial charge on any atom is -0.470 e. The lowest BCUT2D eigenvalue weighted by Crippen LogP contribution is -2.28. The number of carbonyl (C=O) groups is 1. The molecule has 1 unspecified atom stereocenters. The van der Waals surface area contributed by atoms with Crippen molar-refractivity contribution in [1.29, 1.82) is 0 Å². The summed E-state index contributed by atoms with van der Waals surface area (Å²) >= 11 is 3.57. The quantitative estimate of drug-likeness (QED) is 0.152. The minimum atomic E-state index is -2.51. The zero-order valence-electron chi connectivity index (χ0n) is 26.8. The van der Waals surface area contributed by atoms with E-state index in [2.05, 4.69) is 5.32 Å². The highest BCUT2D eigenvalue weighted by Gasteiger charge is 2.28. The number of carbonyl (C=O) groups excluding carboxylic acids is 1. The molecule has 13 heteroatoms. The number of pyridine rings is 1. The Kier molecular flexibility index (Phi) is 8.29. The molecular formula is C38H27ClF2N4O5S. The SMILES string of the molecule is CNC(=O)c1c(-c2ccc(F)cc2)oc2cc(N(CCc3ccc(Cl)cc3)S(=O)O)c(-c3ccc4c(n3)-c3cc5c(F)cccc5n3CO4)cc12. The van der Waals surface area contributed by atoms with E-state index in [-0.39, 0.29) is 36.0 Å². The van der Waals surface area contributed by atoms with Crippen molar-refractivity contribution >= 4 is 56.3 Å². The largest absolute Gasteiger partial charge is 0.470 e. The topological polar surface area (TPSA) is 110 Å². The molecule has 0 bridgehead atoms. The Hall–Kier alpha value is -5.56. The molecule has 256 valence electrons. The maximum Gasteiger partial charge on any atom is 0.261 e. The maximum absolute atomic E-state index is 14.9. The van der Waals surface area contributed by atoms with Gasteiger partial charge in [0.1, 0.15) is 34.4 Å². The van der Waals surface area contributed by atoms with E-state index in [9.17, 15) is 22.3 Å². The number of nitrogens with zero attached hydrogens (tertiary/aromatic N) is 3. The number of aromatic nitrogens is 2. The van der Waals surface area contributed by atoms with Gasteiger partial charge in [0.05, 0.1) is 28.2 Å². The van der Waals surface area contributed by atoms with Gasteiger partial charge in [0, 0.05) is 46.6 Å². The normalized spacial score (nSPS) is 12.7. The molecule has 4 aromatic carbocycles. The zero-order chi connectivity index (χ0) is 35.4. The lowest BCUT2D eigenvalue weighted by Gasteiger charge is -2.24. The van der Waals surface area contributed by atoms with Crippen molar-refractivity contribution in [2.45, 2.75) is 13.2 Å². The first-order valence-electron chi connectivity index (χ1n) is 15.8. The van der Waals surface area contributed by atoms with Crippen molar-refractivity contribution in [1.82, 2.24) is 14.9 Å². The fourth-order valence-electron chi connectivity index (χ4n) is 6.48. The van der Waals surface area contributed by atoms with Crippen LogP contribution >= 0.6 is 11.6 Å². The lowest BCUT2D eigenvalue weighted by molar-refractivity contribution is 0.0964. The number of benzene rings is 4. The molecule has 1 aliphatic heterocycles. The number of anilines is 1. The first-order chi connectivity index (χ1) is 24.7. The lowest BCUT2D eigenvalue weighted by atomic mass is 10.00. The summed E-state index contributed by atoms with van der Waals surface area (Å²) < 4.78 is 68.0. The third-order valence-electron chi connectivity index (χ3n) is 8.96. The van der Waals surface area contributed by atoms with Crippen LogP contribution in [0.1, 0.15) is 15.9 Å². The van der Waals surface area contributed by atoms with Gasteiger partial charge in [-0.1, -0.05) is 29.8 Å². The van der Waals surface area contributed by atoms with Gasteiger partial charge in [0.2, 0.25) is 0 Å². The molecule has 0 saturated carbocycles. The predicted octanol–water partition coefficient (Wildman–Crippen LogP) is 8.61. The second-order valence-corrected chi connectivity index (χ2v) is 13.3. The van der Waals surface area contributed by atoms with Gasteiger partial charge in [-0.25, -0.2) is 18.0 Å². The van der Waals surface area contributed by atoms with E-state index in [0.29, 0.717) is 67.4 Å². The predicted molar refractivity (Wildman–Crippen MR) is 193 cm³/mol. The Balaban J connectivity index is 1.35. The molecule has 1 amide bonds. The van der Waals surface area contributed by atoms with Crippen molar-refractivity contribution in [3.63, 3.8) is 0 Å². The first kappa shape index (κ1) is 32.6. The number of amides is 1. The van der Waals surface area contributed by atoms with Gasteiger partial charge in [-0.05, 0) is 84.8 Å². The Bertz CT molecular complexity index is 2520. The van der Waals surface area contributed by atoms with Gasteiger partial charge in [0.25, 0.3) is 17.2 Å². The Morgan fingerprint density at radius 1 is 1.02 bits per heavy atom. The number of rotatable bonds is 8. The fourth-order valence-corrected chi connectivity index (χ4v) is 7.17. The third kappa shape index (κ3) is 5.80. The van der Waals surface area contributed by atoms with Gasteiger partial charge >= 0.3 is 0 Å². The van der Waals surface area contributed by atoms with Crippen molar-refractivity contribution in [3.05, 3.63) is 125 Å². The molecule has 0 aliphatic carbocycles. The second-order valence-electron chi connectivity index (χ2n) is 11.9. The van der Waals surface area contributed by atoms with Gasteiger partial charge in [-0.3, -0.25) is 13.7 Å². The van der Waals surface area contributed by atoms with Gasteiger partial charge in [-0.2, -0.15) is 0 Å². The second kappa shape index (κ2) is 13.0. The van der Waals surface area contributed by atoms with E-state index in [1.54, 1.807) is 54.6 Å². The molecule has 0 radical (unpaired) electrons. The smallest absolute Gasteiger partial charge is 0.261 e. The van der Waals surface area contributed by atoms with Crippen molar-refractivity contribution in [3.8, 4) is 39.7 Å².